The Hall–Kier alpha value is -5.74. The molecule has 0 fully saturated rings. The van der Waals surface area contributed by atoms with Crippen molar-refractivity contribution in [1.29, 1.82) is 21.0 Å². The first-order chi connectivity index (χ1) is 17.1. The molecule has 6 nitrogen and oxygen atoms in total. The minimum atomic E-state index is -0.998. The van der Waals surface area contributed by atoms with Crippen molar-refractivity contribution < 1.29 is 0 Å². The highest BCUT2D eigenvalue weighted by Gasteiger charge is 2.15. The summed E-state index contributed by atoms with van der Waals surface area (Å²) in [6.07, 6.45) is 8.41. The Kier molecular flexibility index (Phi) is 9.93. The molecule has 0 aliphatic rings. The summed E-state index contributed by atoms with van der Waals surface area (Å²) in [4.78, 5) is 3.26. The summed E-state index contributed by atoms with van der Waals surface area (Å²) < 4.78 is 0. The minimum Gasteiger partial charge on any atom is -0.813 e. The molecule has 0 aromatic heterocycles. The smallest absolute Gasteiger partial charge is 0.270 e. The molecular formula is C29H17N6-. The summed E-state index contributed by atoms with van der Waals surface area (Å²) in [6.45, 7) is 7.30. The van der Waals surface area contributed by atoms with Gasteiger partial charge in [-0.15, -0.1) is 0 Å². The predicted octanol–water partition coefficient (Wildman–Crippen LogP) is 6.16. The third-order valence-electron chi connectivity index (χ3n) is 4.75. The van der Waals surface area contributed by atoms with E-state index in [0.717, 1.165) is 6.21 Å². The van der Waals surface area contributed by atoms with Crippen molar-refractivity contribution >= 4 is 17.4 Å². The number of nitriles is 4. The van der Waals surface area contributed by atoms with Crippen LogP contribution in [0.4, 0.5) is 0 Å². The van der Waals surface area contributed by atoms with Crippen molar-refractivity contribution in [2.24, 2.45) is 5.92 Å². The van der Waals surface area contributed by atoms with Crippen molar-refractivity contribution in [2.45, 2.75) is 0 Å². The lowest BCUT2D eigenvalue weighted by molar-refractivity contribution is 1.19. The van der Waals surface area contributed by atoms with Crippen LogP contribution in [0.15, 0.2) is 108 Å². The summed E-state index contributed by atoms with van der Waals surface area (Å²) in [5.74, 6) is -0.998. The monoisotopic (exact) mass is 449 g/mol. The molecule has 35 heavy (non-hydrogen) atoms. The maximum atomic E-state index is 9.69. The molecule has 2 aromatic carbocycles. The topological polar surface area (TPSA) is 122 Å². The first-order valence-corrected chi connectivity index (χ1v) is 10.2. The van der Waals surface area contributed by atoms with Gasteiger partial charge >= 0.3 is 0 Å². The van der Waals surface area contributed by atoms with Gasteiger partial charge in [-0.05, 0) is 28.9 Å². The lowest BCUT2D eigenvalue weighted by Crippen LogP contribution is -2.04. The first-order valence-electron chi connectivity index (χ1n) is 10.2. The summed E-state index contributed by atoms with van der Waals surface area (Å²) in [7, 11) is 0. The lowest BCUT2D eigenvalue weighted by Gasteiger charge is -2.14. The van der Waals surface area contributed by atoms with E-state index in [0.29, 0.717) is 16.7 Å². The van der Waals surface area contributed by atoms with Gasteiger partial charge in [0.25, 0.3) is 5.70 Å². The van der Waals surface area contributed by atoms with Crippen LogP contribution in [-0.2, 0) is 0 Å². The van der Waals surface area contributed by atoms with Crippen LogP contribution in [0.25, 0.3) is 21.4 Å². The zero-order chi connectivity index (χ0) is 25.5. The molecule has 2 rings (SSSR count). The van der Waals surface area contributed by atoms with Gasteiger partial charge in [-0.3, -0.25) is 0 Å². The van der Waals surface area contributed by atoms with Crippen molar-refractivity contribution in [3.8, 4) is 24.3 Å². The fraction of sp³-hybridized carbons (Fsp3) is 0.0345. The standard InChI is InChI=1S/C29H17N6/c1-35-27(21-34)29(23-13-7-3-8-14-23)25(18-31)16-10-4-9-15-24(17-30)28(26(19-32)20-33)22-11-5-2-6-12-22/h2-16,19,26H/q-1/b10-4+,15-9+,25-16+,28-24-,29-27-. The Balaban J connectivity index is 2.48. The van der Waals surface area contributed by atoms with Gasteiger partial charge in [0, 0.05) is 5.57 Å². The molecule has 0 saturated heterocycles. The molecule has 0 aliphatic carbocycles. The van der Waals surface area contributed by atoms with Crippen molar-refractivity contribution in [1.82, 2.24) is 0 Å². The second-order valence-corrected chi connectivity index (χ2v) is 6.81. The molecular weight excluding hydrogens is 432 g/mol. The van der Waals surface area contributed by atoms with E-state index in [-0.39, 0.29) is 22.4 Å². The molecule has 0 bridgehead atoms. The van der Waals surface area contributed by atoms with Crippen LogP contribution in [0.5, 0.6) is 0 Å². The number of hydrogen-bond donors (Lipinski definition) is 0. The molecule has 0 amide bonds. The largest absolute Gasteiger partial charge is 0.813 e. The SMILES string of the molecule is [C-]#[N+]\C(C#N)=C(/C(C#N)=C/C=C/C=C/C(C#N)=C(\c1ccccc1)C(C#N)C=[N-])c1ccccc1. The minimum absolute atomic E-state index is 0.133. The number of nitrogens with zero attached hydrogens (tertiary/aromatic N) is 6. The maximum Gasteiger partial charge on any atom is 0.270 e. The van der Waals surface area contributed by atoms with Crippen LogP contribution in [0.1, 0.15) is 11.1 Å². The predicted molar refractivity (Wildman–Crippen MR) is 135 cm³/mol. The lowest BCUT2D eigenvalue weighted by atomic mass is 9.90. The van der Waals surface area contributed by atoms with Gasteiger partial charge in [-0.2, -0.15) is 22.0 Å². The Bertz CT molecular complexity index is 1420. The molecule has 0 saturated carbocycles. The molecule has 6 heteroatoms. The van der Waals surface area contributed by atoms with Gasteiger partial charge in [0.1, 0.15) is 0 Å². The third kappa shape index (κ3) is 6.62. The molecule has 1 unspecified atom stereocenters. The van der Waals surface area contributed by atoms with Gasteiger partial charge < -0.3 is 5.41 Å². The normalized spacial score (nSPS) is 13.3. The average molecular weight is 449 g/mol. The molecule has 0 radical (unpaired) electrons. The van der Waals surface area contributed by atoms with E-state index in [1.165, 1.54) is 12.2 Å². The van der Waals surface area contributed by atoms with Crippen LogP contribution in [0.2, 0.25) is 0 Å². The van der Waals surface area contributed by atoms with Crippen LogP contribution in [-0.4, -0.2) is 6.21 Å². The van der Waals surface area contributed by atoms with E-state index in [1.807, 2.05) is 18.2 Å². The maximum absolute atomic E-state index is 9.69. The van der Waals surface area contributed by atoms with Crippen LogP contribution in [0.3, 0.4) is 0 Å². The van der Waals surface area contributed by atoms with Crippen LogP contribution in [0, 0.1) is 57.8 Å². The zero-order valence-electron chi connectivity index (χ0n) is 18.5. The van der Waals surface area contributed by atoms with Crippen LogP contribution >= 0.6 is 0 Å². The van der Waals surface area contributed by atoms with Crippen molar-refractivity contribution in [3.63, 3.8) is 0 Å². The number of hydrogen-bond acceptors (Lipinski definition) is 4. The highest BCUT2D eigenvalue weighted by atomic mass is 14.7. The Morgan fingerprint density at radius 1 is 0.829 bits per heavy atom. The van der Waals surface area contributed by atoms with Gasteiger partial charge in [0.05, 0.1) is 47.9 Å². The van der Waals surface area contributed by atoms with Gasteiger partial charge in [-0.1, -0.05) is 78.9 Å². The van der Waals surface area contributed by atoms with Crippen LogP contribution < -0.4 is 0 Å². The summed E-state index contributed by atoms with van der Waals surface area (Å²) in [5, 5.41) is 47.7. The Labute approximate surface area is 204 Å². The summed E-state index contributed by atoms with van der Waals surface area (Å²) in [5.41, 5.74) is 1.92. The Morgan fingerprint density at radius 2 is 1.46 bits per heavy atom. The second-order valence-electron chi connectivity index (χ2n) is 6.81. The highest BCUT2D eigenvalue weighted by molar-refractivity contribution is 5.91. The number of rotatable bonds is 8. The van der Waals surface area contributed by atoms with Gasteiger partial charge in [0.2, 0.25) is 0 Å². The molecule has 0 spiro atoms. The summed E-state index contributed by atoms with van der Waals surface area (Å²) >= 11 is 0. The third-order valence-corrected chi connectivity index (χ3v) is 4.75. The molecule has 2 aromatic rings. The molecule has 164 valence electrons. The van der Waals surface area contributed by atoms with E-state index in [1.54, 1.807) is 78.9 Å². The molecule has 1 atom stereocenters. The molecule has 0 N–H and O–H groups in total. The highest BCUT2D eigenvalue weighted by Crippen LogP contribution is 2.28. The quantitative estimate of drug-likeness (QED) is 0.207. The van der Waals surface area contributed by atoms with E-state index in [4.69, 9.17) is 6.57 Å². The van der Waals surface area contributed by atoms with Crippen molar-refractivity contribution in [3.05, 3.63) is 136 Å². The first kappa shape index (κ1) is 25.5. The fourth-order valence-electron chi connectivity index (χ4n) is 3.19. The van der Waals surface area contributed by atoms with E-state index >= 15 is 0 Å². The number of allylic oxidation sites excluding steroid dienone is 10. The summed E-state index contributed by atoms with van der Waals surface area (Å²) in [6, 6.07) is 25.5. The fourth-order valence-corrected chi connectivity index (χ4v) is 3.19. The van der Waals surface area contributed by atoms with E-state index < -0.39 is 5.92 Å². The second kappa shape index (κ2) is 13.6. The van der Waals surface area contributed by atoms with Gasteiger partial charge in [-0.25, -0.2) is 10.1 Å². The van der Waals surface area contributed by atoms with Crippen molar-refractivity contribution in [2.75, 3.05) is 0 Å². The Morgan fingerprint density at radius 3 is 1.94 bits per heavy atom. The number of benzene rings is 2. The van der Waals surface area contributed by atoms with E-state index in [2.05, 4.69) is 10.9 Å². The zero-order valence-corrected chi connectivity index (χ0v) is 18.5. The van der Waals surface area contributed by atoms with Gasteiger partial charge in [0.15, 0.2) is 0 Å². The molecule has 0 heterocycles. The van der Waals surface area contributed by atoms with E-state index in [9.17, 15) is 26.5 Å². The average Bonchev–Trinajstić information content (AvgIpc) is 2.92. The molecule has 0 aliphatic heterocycles.